The van der Waals surface area contributed by atoms with Crippen LogP contribution in [0.15, 0.2) is 36.4 Å². The molecule has 3 atom stereocenters. The number of carboxylic acid groups (broad SMARTS) is 1. The zero-order valence-electron chi connectivity index (χ0n) is 25.9. The van der Waals surface area contributed by atoms with Gasteiger partial charge in [0, 0.05) is 34.8 Å². The summed E-state index contributed by atoms with van der Waals surface area (Å²) in [5, 5.41) is 17.0. The highest BCUT2D eigenvalue weighted by Crippen LogP contribution is 2.64. The second-order valence-corrected chi connectivity index (χ2v) is 14.6. The van der Waals surface area contributed by atoms with Crippen LogP contribution in [0.1, 0.15) is 94.6 Å². The van der Waals surface area contributed by atoms with Gasteiger partial charge in [-0.15, -0.1) is 0 Å². The third-order valence-corrected chi connectivity index (χ3v) is 12.6. The Morgan fingerprint density at radius 1 is 1.02 bits per heavy atom. The van der Waals surface area contributed by atoms with Crippen LogP contribution in [0.3, 0.4) is 0 Å². The fourth-order valence-corrected chi connectivity index (χ4v) is 10.2. The van der Waals surface area contributed by atoms with Crippen LogP contribution in [0.4, 0.5) is 10.1 Å². The average Bonchev–Trinajstić information content (AvgIpc) is 3.28. The first-order valence-corrected chi connectivity index (χ1v) is 17.0. The van der Waals surface area contributed by atoms with Gasteiger partial charge in [-0.05, 0) is 87.2 Å². The number of benzene rings is 2. The van der Waals surface area contributed by atoms with Gasteiger partial charge in [0.25, 0.3) is 0 Å². The highest BCUT2D eigenvalue weighted by molar-refractivity contribution is 6.31. The average molecular weight is 659 g/mol. The number of aldehydes is 1. The third-order valence-electron chi connectivity index (χ3n) is 12.0. The summed E-state index contributed by atoms with van der Waals surface area (Å²) in [6, 6.07) is 9.34. The maximum absolute atomic E-state index is 16.4. The smallest absolute Gasteiger partial charge is 0.309 e. The zero-order chi connectivity index (χ0) is 32.2. The molecule has 2 aromatic carbocycles. The number of aliphatic carboxylic acids is 1. The summed E-state index contributed by atoms with van der Waals surface area (Å²) < 4.78 is 16.4. The molecule has 7 rings (SSSR count). The molecule has 0 unspecified atom stereocenters. The minimum atomic E-state index is -1.32. The van der Waals surface area contributed by atoms with Crippen molar-refractivity contribution in [3.05, 3.63) is 63.4 Å². The van der Waals surface area contributed by atoms with Crippen molar-refractivity contribution in [1.82, 2.24) is 10.2 Å². The maximum Gasteiger partial charge on any atom is 0.309 e. The number of carbonyl (C=O) groups is 3. The van der Waals surface area contributed by atoms with Gasteiger partial charge in [-0.1, -0.05) is 67.6 Å². The molecule has 5 fully saturated rings. The number of anilines is 1. The molecule has 0 radical (unpaired) electrons. The van der Waals surface area contributed by atoms with E-state index in [1.165, 1.54) is 6.07 Å². The van der Waals surface area contributed by atoms with E-state index in [2.05, 4.69) is 15.5 Å². The monoisotopic (exact) mass is 657 g/mol. The number of hydrogen-bond acceptors (Lipinski definition) is 5. The minimum Gasteiger partial charge on any atom is -0.481 e. The topological polar surface area (TPSA) is 98.7 Å². The summed E-state index contributed by atoms with van der Waals surface area (Å²) in [5.74, 6) is -2.54. The van der Waals surface area contributed by atoms with Crippen molar-refractivity contribution in [2.24, 2.45) is 5.41 Å². The first kappa shape index (κ1) is 32.3. The molecule has 1 amide bonds. The number of nitrogens with one attached hydrogen (secondary N) is 2. The van der Waals surface area contributed by atoms with E-state index in [-0.39, 0.29) is 16.5 Å². The molecule has 10 heteroatoms. The number of carbonyl (C=O) groups excluding carboxylic acids is 2. The summed E-state index contributed by atoms with van der Waals surface area (Å²) in [4.78, 5) is 43.4. The number of halogens is 3. The van der Waals surface area contributed by atoms with Gasteiger partial charge in [-0.25, -0.2) is 4.39 Å². The van der Waals surface area contributed by atoms with Crippen LogP contribution in [-0.2, 0) is 19.8 Å². The molecule has 2 bridgehead atoms. The Bertz CT molecular complexity index is 1490. The lowest BCUT2D eigenvalue weighted by atomic mass is 9.55. The molecular weight excluding hydrogens is 616 g/mol. The molecule has 4 saturated carbocycles. The number of amides is 1. The van der Waals surface area contributed by atoms with Crippen LogP contribution >= 0.6 is 23.2 Å². The molecule has 1 saturated heterocycles. The Hall–Kier alpha value is -2.68. The number of likely N-dealkylation sites (N-methyl/N-ethyl adjacent to an activating group) is 1. The number of nitrogens with zero attached hydrogens (tertiary/aromatic N) is 1. The molecule has 7 nitrogen and oxygen atoms in total. The summed E-state index contributed by atoms with van der Waals surface area (Å²) in [6.45, 7) is 2.48. The molecule has 1 spiro atoms. The SMILES string of the molecule is CCN1[C@@H](C(=O)NC23CCC(C(=O)O)(CC2)CC3)[C@H](c2cccc(Cl)c2F)[C@@](C=O)(c2ccc(Cl)cc2NC)C12CCCCC2. The van der Waals surface area contributed by atoms with Gasteiger partial charge in [-0.2, -0.15) is 0 Å². The standard InChI is InChI=1S/C35H42Cl2FN3O4/c1-3-41-29(30(43)40-33-17-14-32(15-18-33,16-19-33)31(44)45)27(23-8-7-9-25(37)28(23)38)35(21-42,34(41)12-5-4-6-13-34)24-11-10-22(36)20-26(24)39-2/h7-11,20-21,27,29,39H,3-6,12-19H2,1-2H3,(H,40,43)(H,44,45)/t27-,29+,32?,33?,35+/m0/s1. The molecular formula is C35H42Cl2FN3O4. The van der Waals surface area contributed by atoms with Crippen LogP contribution < -0.4 is 10.6 Å². The van der Waals surface area contributed by atoms with Crippen molar-refractivity contribution in [3.8, 4) is 0 Å². The minimum absolute atomic E-state index is 0.0628. The van der Waals surface area contributed by atoms with Crippen molar-refractivity contribution in [1.29, 1.82) is 0 Å². The lowest BCUT2D eigenvalue weighted by molar-refractivity contribution is -0.157. The van der Waals surface area contributed by atoms with Crippen molar-refractivity contribution in [2.45, 2.75) is 106 Å². The van der Waals surface area contributed by atoms with Crippen LogP contribution in [0.5, 0.6) is 0 Å². The van der Waals surface area contributed by atoms with E-state index >= 15 is 4.39 Å². The van der Waals surface area contributed by atoms with E-state index in [9.17, 15) is 19.5 Å². The second kappa shape index (κ2) is 11.8. The molecule has 4 aliphatic carbocycles. The van der Waals surface area contributed by atoms with Gasteiger partial charge in [0.2, 0.25) is 5.91 Å². The normalized spacial score (nSPS) is 32.4. The van der Waals surface area contributed by atoms with E-state index in [0.717, 1.165) is 25.5 Å². The van der Waals surface area contributed by atoms with Gasteiger partial charge in [0.1, 0.15) is 12.1 Å². The van der Waals surface area contributed by atoms with E-state index < -0.39 is 45.7 Å². The van der Waals surface area contributed by atoms with Gasteiger partial charge in [-0.3, -0.25) is 14.5 Å². The molecule has 1 heterocycles. The Kier molecular flexibility index (Phi) is 8.49. The fraction of sp³-hybridized carbons (Fsp3) is 0.571. The van der Waals surface area contributed by atoms with Crippen molar-refractivity contribution in [3.63, 3.8) is 0 Å². The van der Waals surface area contributed by atoms with E-state index in [4.69, 9.17) is 23.2 Å². The molecule has 45 heavy (non-hydrogen) atoms. The molecule has 242 valence electrons. The largest absolute Gasteiger partial charge is 0.481 e. The van der Waals surface area contributed by atoms with Gasteiger partial charge >= 0.3 is 5.97 Å². The van der Waals surface area contributed by atoms with E-state index in [0.29, 0.717) is 74.2 Å². The van der Waals surface area contributed by atoms with E-state index in [1.54, 1.807) is 31.3 Å². The van der Waals surface area contributed by atoms with Crippen molar-refractivity contribution < 1.29 is 23.9 Å². The summed E-state index contributed by atoms with van der Waals surface area (Å²) in [5.41, 5.74) is -1.78. The first-order chi connectivity index (χ1) is 21.5. The number of fused-ring (bicyclic) bond motifs is 3. The molecule has 3 N–H and O–H groups in total. The summed E-state index contributed by atoms with van der Waals surface area (Å²) in [7, 11) is 1.77. The van der Waals surface area contributed by atoms with Crippen molar-refractivity contribution in [2.75, 3.05) is 18.9 Å². The van der Waals surface area contributed by atoms with Crippen LogP contribution in [0, 0.1) is 11.2 Å². The van der Waals surface area contributed by atoms with Gasteiger partial charge < -0.3 is 20.5 Å². The lowest BCUT2D eigenvalue weighted by Crippen LogP contribution is -2.62. The Labute approximate surface area is 274 Å². The van der Waals surface area contributed by atoms with Crippen LogP contribution in [0.25, 0.3) is 0 Å². The highest BCUT2D eigenvalue weighted by Gasteiger charge is 2.71. The molecule has 5 aliphatic rings. The Morgan fingerprint density at radius 2 is 1.69 bits per heavy atom. The first-order valence-electron chi connectivity index (χ1n) is 16.2. The van der Waals surface area contributed by atoms with Gasteiger partial charge in [0.05, 0.1) is 21.9 Å². The Morgan fingerprint density at radius 3 is 2.27 bits per heavy atom. The second-order valence-electron chi connectivity index (χ2n) is 13.7. The van der Waals surface area contributed by atoms with Gasteiger partial charge in [0.15, 0.2) is 0 Å². The van der Waals surface area contributed by atoms with Crippen LogP contribution in [-0.4, -0.2) is 58.9 Å². The maximum atomic E-state index is 16.4. The summed E-state index contributed by atoms with van der Waals surface area (Å²) >= 11 is 12.9. The number of hydrogen-bond donors (Lipinski definition) is 3. The van der Waals surface area contributed by atoms with Crippen molar-refractivity contribution >= 4 is 47.1 Å². The molecule has 0 aromatic heterocycles. The number of carboxylic acids is 1. The molecule has 2 aromatic rings. The fourth-order valence-electron chi connectivity index (χ4n) is 9.81. The predicted molar refractivity (Wildman–Crippen MR) is 174 cm³/mol. The summed E-state index contributed by atoms with van der Waals surface area (Å²) in [6.07, 6.45) is 8.31. The zero-order valence-corrected chi connectivity index (χ0v) is 27.4. The number of rotatable bonds is 8. The number of likely N-dealkylation sites (tertiary alicyclic amines) is 1. The molecule has 1 aliphatic heterocycles. The Balaban J connectivity index is 1.56. The quantitative estimate of drug-likeness (QED) is 0.262. The van der Waals surface area contributed by atoms with E-state index in [1.807, 2.05) is 13.0 Å². The predicted octanol–water partition coefficient (Wildman–Crippen LogP) is 7.10. The highest BCUT2D eigenvalue weighted by atomic mass is 35.5. The third kappa shape index (κ3) is 4.72. The lowest BCUT2D eigenvalue weighted by Gasteiger charge is -2.52. The van der Waals surface area contributed by atoms with Crippen LogP contribution in [0.2, 0.25) is 10.0 Å².